The highest BCUT2D eigenvalue weighted by molar-refractivity contribution is 5.99. The smallest absolute Gasteiger partial charge is 0.337 e. The third-order valence-electron chi connectivity index (χ3n) is 7.11. The van der Waals surface area contributed by atoms with Gasteiger partial charge in [0.1, 0.15) is 12.3 Å². The van der Waals surface area contributed by atoms with E-state index < -0.39 is 5.97 Å². The molecule has 0 aliphatic heterocycles. The summed E-state index contributed by atoms with van der Waals surface area (Å²) in [4.78, 5) is 27.7. The molecule has 0 saturated carbocycles. The molecule has 0 spiro atoms. The van der Waals surface area contributed by atoms with Crippen molar-refractivity contribution in [3.63, 3.8) is 0 Å². The minimum absolute atomic E-state index is 0.0826. The molecule has 39 heavy (non-hydrogen) atoms. The molecule has 212 valence electrons. The molecule has 1 amide bonds. The fourth-order valence-corrected chi connectivity index (χ4v) is 4.99. The van der Waals surface area contributed by atoms with Crippen LogP contribution in [0.5, 0.6) is 5.75 Å². The van der Waals surface area contributed by atoms with Gasteiger partial charge in [0.2, 0.25) is 5.91 Å². The van der Waals surface area contributed by atoms with Gasteiger partial charge in [0.15, 0.2) is 0 Å². The highest BCUT2D eigenvalue weighted by atomic mass is 16.5. The van der Waals surface area contributed by atoms with Gasteiger partial charge < -0.3 is 30.0 Å². The van der Waals surface area contributed by atoms with Crippen molar-refractivity contribution >= 4 is 22.8 Å². The fraction of sp³-hybridized carbons (Fsp3) is 0.484. The summed E-state index contributed by atoms with van der Waals surface area (Å²) in [6, 6.07) is 13.6. The van der Waals surface area contributed by atoms with Crippen LogP contribution in [0, 0.1) is 0 Å². The van der Waals surface area contributed by atoms with E-state index in [9.17, 15) is 9.59 Å². The topological polar surface area (TPSA) is 98.8 Å². The summed E-state index contributed by atoms with van der Waals surface area (Å²) in [6.45, 7) is 4.96. The summed E-state index contributed by atoms with van der Waals surface area (Å²) in [5.41, 5.74) is 10.1. The number of rotatable bonds is 16. The van der Waals surface area contributed by atoms with E-state index in [-0.39, 0.29) is 12.5 Å². The Bertz CT molecular complexity index is 1220. The SMILES string of the molecule is CCCCCCCc1c(-c2ccc(OC)cc2)n(CC(=O)NCCN(C)CCN)c2cc(C(=O)OC)ccc12. The van der Waals surface area contributed by atoms with Crippen molar-refractivity contribution in [2.24, 2.45) is 5.73 Å². The minimum Gasteiger partial charge on any atom is -0.497 e. The molecular weight excluding hydrogens is 492 g/mol. The van der Waals surface area contributed by atoms with Crippen molar-refractivity contribution in [3.8, 4) is 17.0 Å². The van der Waals surface area contributed by atoms with Gasteiger partial charge in [-0.15, -0.1) is 0 Å². The summed E-state index contributed by atoms with van der Waals surface area (Å²) in [5, 5.41) is 4.11. The second-order valence-electron chi connectivity index (χ2n) is 9.97. The van der Waals surface area contributed by atoms with E-state index in [0.29, 0.717) is 18.7 Å². The summed E-state index contributed by atoms with van der Waals surface area (Å²) in [5.74, 6) is 0.291. The molecule has 8 nitrogen and oxygen atoms in total. The van der Waals surface area contributed by atoms with Crippen LogP contribution >= 0.6 is 0 Å². The van der Waals surface area contributed by atoms with Crippen molar-refractivity contribution in [1.29, 1.82) is 0 Å². The van der Waals surface area contributed by atoms with Crippen molar-refractivity contribution < 1.29 is 19.1 Å². The number of carbonyl (C=O) groups excluding carboxylic acids is 2. The highest BCUT2D eigenvalue weighted by Crippen LogP contribution is 2.36. The first kappa shape index (κ1) is 30.2. The van der Waals surface area contributed by atoms with E-state index in [1.54, 1.807) is 7.11 Å². The summed E-state index contributed by atoms with van der Waals surface area (Å²) >= 11 is 0. The van der Waals surface area contributed by atoms with E-state index in [2.05, 4.69) is 17.1 Å². The number of nitrogens with zero attached hydrogens (tertiary/aromatic N) is 2. The number of benzene rings is 2. The molecule has 3 rings (SSSR count). The number of unbranched alkanes of at least 4 members (excludes halogenated alkanes) is 4. The molecular formula is C31H44N4O4. The summed E-state index contributed by atoms with van der Waals surface area (Å²) < 4.78 is 12.4. The maximum absolute atomic E-state index is 13.2. The molecule has 8 heteroatoms. The number of fused-ring (bicyclic) bond motifs is 1. The maximum atomic E-state index is 13.2. The Hall–Kier alpha value is -3.36. The Morgan fingerprint density at radius 2 is 1.74 bits per heavy atom. The largest absolute Gasteiger partial charge is 0.497 e. The Balaban J connectivity index is 2.05. The monoisotopic (exact) mass is 536 g/mol. The number of hydrogen-bond acceptors (Lipinski definition) is 6. The average Bonchev–Trinajstić information content (AvgIpc) is 3.24. The van der Waals surface area contributed by atoms with E-state index >= 15 is 0 Å². The lowest BCUT2D eigenvalue weighted by molar-refractivity contribution is -0.121. The lowest BCUT2D eigenvalue weighted by atomic mass is 9.98. The van der Waals surface area contributed by atoms with E-state index in [1.807, 2.05) is 54.1 Å². The van der Waals surface area contributed by atoms with Crippen LogP contribution in [0.25, 0.3) is 22.2 Å². The minimum atomic E-state index is -0.399. The van der Waals surface area contributed by atoms with Gasteiger partial charge in [0, 0.05) is 31.6 Å². The van der Waals surface area contributed by atoms with Crippen LogP contribution in [0.1, 0.15) is 54.9 Å². The molecule has 3 N–H and O–H groups in total. The summed E-state index contributed by atoms with van der Waals surface area (Å²) in [6.07, 6.45) is 6.73. The zero-order valence-corrected chi connectivity index (χ0v) is 23.9. The molecule has 0 saturated heterocycles. The van der Waals surface area contributed by atoms with Gasteiger partial charge >= 0.3 is 5.97 Å². The van der Waals surface area contributed by atoms with Crippen LogP contribution in [-0.2, 0) is 22.5 Å². The van der Waals surface area contributed by atoms with E-state index in [1.165, 1.54) is 31.9 Å². The van der Waals surface area contributed by atoms with Gasteiger partial charge in [-0.05, 0) is 67.4 Å². The van der Waals surface area contributed by atoms with Gasteiger partial charge in [-0.3, -0.25) is 4.79 Å². The number of carbonyl (C=O) groups is 2. The molecule has 0 fully saturated rings. The molecule has 0 aliphatic rings. The van der Waals surface area contributed by atoms with Crippen LogP contribution in [0.3, 0.4) is 0 Å². The van der Waals surface area contributed by atoms with Crippen LogP contribution in [0.4, 0.5) is 0 Å². The zero-order valence-electron chi connectivity index (χ0n) is 23.9. The average molecular weight is 537 g/mol. The molecule has 0 bridgehead atoms. The molecule has 0 unspecified atom stereocenters. The Morgan fingerprint density at radius 1 is 1.00 bits per heavy atom. The third kappa shape index (κ3) is 8.07. The predicted molar refractivity (Wildman–Crippen MR) is 157 cm³/mol. The van der Waals surface area contributed by atoms with Gasteiger partial charge in [-0.1, -0.05) is 38.7 Å². The number of nitrogens with one attached hydrogen (secondary N) is 1. The number of amides is 1. The number of hydrogen-bond donors (Lipinski definition) is 2. The number of likely N-dealkylation sites (N-methyl/N-ethyl adjacent to an activating group) is 1. The Labute approximate surface area is 232 Å². The lowest BCUT2D eigenvalue weighted by Crippen LogP contribution is -2.36. The number of nitrogens with two attached hydrogens (primary N) is 1. The van der Waals surface area contributed by atoms with Crippen molar-refractivity contribution in [2.75, 3.05) is 47.4 Å². The van der Waals surface area contributed by atoms with Gasteiger partial charge in [0.25, 0.3) is 0 Å². The number of esters is 1. The number of ether oxygens (including phenoxy) is 2. The van der Waals surface area contributed by atoms with Crippen molar-refractivity contribution in [1.82, 2.24) is 14.8 Å². The number of aromatic nitrogens is 1. The van der Waals surface area contributed by atoms with Crippen LogP contribution in [-0.4, -0.2) is 68.8 Å². The van der Waals surface area contributed by atoms with Gasteiger partial charge in [-0.2, -0.15) is 0 Å². The standard InChI is InChI=1S/C31H44N4O4/c1-5-6-7-8-9-10-27-26-16-13-24(31(37)39-4)21-28(26)35(22-29(36)33-18-20-34(2)19-17-32)30(27)23-11-14-25(38-3)15-12-23/h11-16,21H,5-10,17-20,22,32H2,1-4H3,(H,33,36). The number of methoxy groups -OCH3 is 2. The maximum Gasteiger partial charge on any atom is 0.337 e. The normalized spacial score (nSPS) is 11.2. The van der Waals surface area contributed by atoms with E-state index in [4.69, 9.17) is 15.2 Å². The van der Waals surface area contributed by atoms with E-state index in [0.717, 1.165) is 60.3 Å². The molecule has 0 atom stereocenters. The fourth-order valence-electron chi connectivity index (χ4n) is 4.99. The Kier molecular flexibility index (Phi) is 11.8. The quantitative estimate of drug-likeness (QED) is 0.205. The third-order valence-corrected chi connectivity index (χ3v) is 7.11. The predicted octanol–water partition coefficient (Wildman–Crippen LogP) is 4.62. The van der Waals surface area contributed by atoms with Crippen molar-refractivity contribution in [2.45, 2.75) is 52.0 Å². The molecule has 2 aromatic carbocycles. The lowest BCUT2D eigenvalue weighted by Gasteiger charge is -2.17. The molecule has 0 radical (unpaired) electrons. The molecule has 1 aromatic heterocycles. The first-order valence-electron chi connectivity index (χ1n) is 14.0. The molecule has 3 aromatic rings. The number of aryl methyl sites for hydroxylation is 1. The van der Waals surface area contributed by atoms with Gasteiger partial charge in [0.05, 0.1) is 31.0 Å². The second-order valence-corrected chi connectivity index (χ2v) is 9.97. The van der Waals surface area contributed by atoms with Crippen LogP contribution < -0.4 is 15.8 Å². The Morgan fingerprint density at radius 3 is 2.41 bits per heavy atom. The van der Waals surface area contributed by atoms with Crippen LogP contribution in [0.15, 0.2) is 42.5 Å². The van der Waals surface area contributed by atoms with Gasteiger partial charge in [-0.25, -0.2) is 4.79 Å². The molecule has 1 heterocycles. The summed E-state index contributed by atoms with van der Waals surface area (Å²) in [7, 11) is 5.02. The van der Waals surface area contributed by atoms with Crippen molar-refractivity contribution in [3.05, 3.63) is 53.6 Å². The molecule has 0 aliphatic carbocycles. The second kappa shape index (κ2) is 15.3. The van der Waals surface area contributed by atoms with Crippen LogP contribution in [0.2, 0.25) is 0 Å². The zero-order chi connectivity index (χ0) is 28.2. The first-order valence-corrected chi connectivity index (χ1v) is 14.0. The highest BCUT2D eigenvalue weighted by Gasteiger charge is 2.22. The first-order chi connectivity index (χ1) is 18.9.